The highest BCUT2D eigenvalue weighted by Gasteiger charge is 2.29. The molecule has 1 heterocycles. The van der Waals surface area contributed by atoms with Crippen molar-refractivity contribution in [3.05, 3.63) is 35.9 Å². The van der Waals surface area contributed by atoms with Crippen LogP contribution in [0.4, 0.5) is 0 Å². The van der Waals surface area contributed by atoms with Crippen LogP contribution in [-0.2, 0) is 4.84 Å². The van der Waals surface area contributed by atoms with Crippen molar-refractivity contribution in [3.63, 3.8) is 0 Å². The summed E-state index contributed by atoms with van der Waals surface area (Å²) in [6.45, 7) is 0.171. The summed E-state index contributed by atoms with van der Waals surface area (Å²) in [4.78, 5) is 16.6. The van der Waals surface area contributed by atoms with Gasteiger partial charge in [-0.1, -0.05) is 35.5 Å². The molecule has 0 saturated carbocycles. The molecule has 0 saturated heterocycles. The van der Waals surface area contributed by atoms with Crippen LogP contribution in [0.25, 0.3) is 0 Å². The molecule has 4 heteroatoms. The summed E-state index contributed by atoms with van der Waals surface area (Å²) in [6.07, 6.45) is 0. The average Bonchev–Trinajstić information content (AvgIpc) is 2.77. The van der Waals surface area contributed by atoms with Gasteiger partial charge in [0.2, 0.25) is 5.78 Å². The number of rotatable bonds is 2. The fourth-order valence-electron chi connectivity index (χ4n) is 1.36. The number of ketones is 1. The number of benzene rings is 1. The summed E-state index contributed by atoms with van der Waals surface area (Å²) in [5.74, 6) is -0.780. The Labute approximate surface area is 86.8 Å². The predicted octanol–water partition coefficient (Wildman–Crippen LogP) is 1.40. The third kappa shape index (κ3) is 1.72. The van der Waals surface area contributed by atoms with Crippen LogP contribution in [0.15, 0.2) is 35.5 Å². The zero-order valence-electron chi connectivity index (χ0n) is 7.88. The maximum atomic E-state index is 11.9. The molecule has 0 N–H and O–H groups in total. The van der Waals surface area contributed by atoms with Crippen LogP contribution in [0, 0.1) is 17.2 Å². The lowest BCUT2D eigenvalue weighted by atomic mass is 9.98. The fourth-order valence-corrected chi connectivity index (χ4v) is 1.36. The molecule has 1 aromatic rings. The third-order valence-corrected chi connectivity index (χ3v) is 2.16. The molecule has 0 fully saturated rings. The second-order valence-corrected chi connectivity index (χ2v) is 3.15. The van der Waals surface area contributed by atoms with Crippen LogP contribution >= 0.6 is 0 Å². The molecule has 0 bridgehead atoms. The van der Waals surface area contributed by atoms with Crippen molar-refractivity contribution in [2.75, 3.05) is 6.61 Å². The minimum atomic E-state index is -0.544. The van der Waals surface area contributed by atoms with Gasteiger partial charge in [-0.2, -0.15) is 5.26 Å². The summed E-state index contributed by atoms with van der Waals surface area (Å²) in [7, 11) is 0. The number of hydrogen-bond donors (Lipinski definition) is 0. The van der Waals surface area contributed by atoms with Crippen molar-refractivity contribution < 1.29 is 9.63 Å². The predicted molar refractivity (Wildman–Crippen MR) is 53.3 cm³/mol. The van der Waals surface area contributed by atoms with Crippen LogP contribution in [0.2, 0.25) is 0 Å². The first-order chi connectivity index (χ1) is 7.33. The smallest absolute Gasteiger partial charge is 0.212 e. The first-order valence-corrected chi connectivity index (χ1v) is 4.52. The topological polar surface area (TPSA) is 62.4 Å². The Hall–Kier alpha value is -2.15. The Bertz CT molecular complexity index is 445. The summed E-state index contributed by atoms with van der Waals surface area (Å²) in [5, 5.41) is 12.4. The number of carbonyl (C=O) groups is 1. The molecule has 15 heavy (non-hydrogen) atoms. The summed E-state index contributed by atoms with van der Waals surface area (Å²) in [5.41, 5.74) is 0.728. The number of oxime groups is 1. The Balaban J connectivity index is 2.27. The Morgan fingerprint density at radius 3 is 2.87 bits per heavy atom. The monoisotopic (exact) mass is 200 g/mol. The van der Waals surface area contributed by atoms with Crippen LogP contribution < -0.4 is 0 Å². The molecule has 0 spiro atoms. The normalized spacial score (nSPS) is 18.9. The van der Waals surface area contributed by atoms with E-state index in [-0.39, 0.29) is 18.1 Å². The summed E-state index contributed by atoms with van der Waals surface area (Å²) < 4.78 is 0. The van der Waals surface area contributed by atoms with Gasteiger partial charge >= 0.3 is 0 Å². The maximum Gasteiger partial charge on any atom is 0.212 e. The van der Waals surface area contributed by atoms with Crippen molar-refractivity contribution in [2.24, 2.45) is 11.1 Å². The standard InChI is InChI=1S/C11H8N2O2/c12-6-9-7-15-13-10(9)11(14)8-4-2-1-3-5-8/h1-5,9H,7H2. The van der Waals surface area contributed by atoms with Crippen molar-refractivity contribution in [2.45, 2.75) is 0 Å². The van der Waals surface area contributed by atoms with E-state index >= 15 is 0 Å². The van der Waals surface area contributed by atoms with Gasteiger partial charge in [0.25, 0.3) is 0 Å². The van der Waals surface area contributed by atoms with E-state index in [1.807, 2.05) is 12.1 Å². The number of Topliss-reactive ketones (excluding diaryl/α,β-unsaturated/α-hetero) is 1. The second-order valence-electron chi connectivity index (χ2n) is 3.15. The van der Waals surface area contributed by atoms with E-state index in [4.69, 9.17) is 10.1 Å². The first kappa shape index (κ1) is 9.41. The number of hydrogen-bond acceptors (Lipinski definition) is 4. The van der Waals surface area contributed by atoms with E-state index in [1.165, 1.54) is 0 Å². The minimum Gasteiger partial charge on any atom is -0.394 e. The molecule has 1 unspecified atom stereocenters. The van der Waals surface area contributed by atoms with Crippen molar-refractivity contribution in [1.82, 2.24) is 0 Å². The van der Waals surface area contributed by atoms with Crippen LogP contribution in [0.5, 0.6) is 0 Å². The van der Waals surface area contributed by atoms with E-state index in [0.29, 0.717) is 5.56 Å². The quantitative estimate of drug-likeness (QED) is 0.678. The number of nitrogens with zero attached hydrogens (tertiary/aromatic N) is 2. The van der Waals surface area contributed by atoms with Gasteiger partial charge in [0, 0.05) is 5.56 Å². The Kier molecular flexibility index (Phi) is 2.46. The molecule has 1 atom stereocenters. The van der Waals surface area contributed by atoms with Gasteiger partial charge in [-0.25, -0.2) is 0 Å². The molecular formula is C11H8N2O2. The number of carbonyl (C=O) groups excluding carboxylic acids is 1. The molecular weight excluding hydrogens is 192 g/mol. The van der Waals surface area contributed by atoms with Gasteiger partial charge < -0.3 is 4.84 Å². The minimum absolute atomic E-state index is 0.171. The lowest BCUT2D eigenvalue weighted by molar-refractivity contribution is 0.106. The van der Waals surface area contributed by atoms with Crippen LogP contribution in [-0.4, -0.2) is 18.1 Å². The molecule has 0 amide bonds. The third-order valence-electron chi connectivity index (χ3n) is 2.16. The summed E-state index contributed by atoms with van der Waals surface area (Å²) in [6, 6.07) is 10.7. The van der Waals surface area contributed by atoms with E-state index in [2.05, 4.69) is 5.16 Å². The Morgan fingerprint density at radius 2 is 2.20 bits per heavy atom. The van der Waals surface area contributed by atoms with Gasteiger partial charge in [-0.15, -0.1) is 0 Å². The van der Waals surface area contributed by atoms with Crippen molar-refractivity contribution in [1.29, 1.82) is 5.26 Å². The van der Waals surface area contributed by atoms with E-state index < -0.39 is 5.92 Å². The Morgan fingerprint density at radius 1 is 1.47 bits per heavy atom. The van der Waals surface area contributed by atoms with E-state index in [0.717, 1.165) is 0 Å². The molecule has 4 nitrogen and oxygen atoms in total. The highest BCUT2D eigenvalue weighted by molar-refractivity contribution is 6.47. The van der Waals surface area contributed by atoms with Crippen LogP contribution in [0.1, 0.15) is 10.4 Å². The van der Waals surface area contributed by atoms with Crippen molar-refractivity contribution >= 4 is 11.5 Å². The maximum absolute atomic E-state index is 11.9. The zero-order valence-corrected chi connectivity index (χ0v) is 7.88. The SMILES string of the molecule is N#CC1CON=C1C(=O)c1ccccc1. The zero-order chi connectivity index (χ0) is 10.7. The molecule has 0 aromatic heterocycles. The van der Waals surface area contributed by atoms with Gasteiger partial charge in [0.05, 0.1) is 6.07 Å². The molecule has 74 valence electrons. The van der Waals surface area contributed by atoms with Gasteiger partial charge in [-0.3, -0.25) is 4.79 Å². The fraction of sp³-hybridized carbons (Fsp3) is 0.182. The van der Waals surface area contributed by atoms with E-state index in [1.54, 1.807) is 24.3 Å². The lowest BCUT2D eigenvalue weighted by Gasteiger charge is -2.00. The largest absolute Gasteiger partial charge is 0.394 e. The summed E-state index contributed by atoms with van der Waals surface area (Å²) >= 11 is 0. The average molecular weight is 200 g/mol. The molecule has 1 aliphatic heterocycles. The molecule has 0 aliphatic carbocycles. The van der Waals surface area contributed by atoms with Gasteiger partial charge in [0.1, 0.15) is 18.2 Å². The number of nitriles is 1. The highest BCUT2D eigenvalue weighted by atomic mass is 16.6. The molecule has 1 aliphatic rings. The van der Waals surface area contributed by atoms with Crippen LogP contribution in [0.3, 0.4) is 0 Å². The van der Waals surface area contributed by atoms with Gasteiger partial charge in [-0.05, 0) is 0 Å². The van der Waals surface area contributed by atoms with E-state index in [9.17, 15) is 4.79 Å². The first-order valence-electron chi connectivity index (χ1n) is 4.52. The van der Waals surface area contributed by atoms with Gasteiger partial charge in [0.15, 0.2) is 0 Å². The second kappa shape index (κ2) is 3.93. The lowest BCUT2D eigenvalue weighted by Crippen LogP contribution is -2.21. The molecule has 0 radical (unpaired) electrons. The molecule has 1 aromatic carbocycles. The highest BCUT2D eigenvalue weighted by Crippen LogP contribution is 2.13. The van der Waals surface area contributed by atoms with Crippen molar-refractivity contribution in [3.8, 4) is 6.07 Å². The molecule has 2 rings (SSSR count).